The molecule has 0 atom stereocenters. The number of rotatable bonds is 7. The van der Waals surface area contributed by atoms with E-state index in [1.165, 1.54) is 5.56 Å². The van der Waals surface area contributed by atoms with E-state index in [0.29, 0.717) is 5.84 Å². The van der Waals surface area contributed by atoms with Gasteiger partial charge >= 0.3 is 0 Å². The molecule has 3 aromatic rings. The second kappa shape index (κ2) is 8.42. The predicted octanol–water partition coefficient (Wildman–Crippen LogP) is 4.53. The summed E-state index contributed by atoms with van der Waals surface area (Å²) in [5, 5.41) is 8.28. The minimum atomic E-state index is 0.557. The molecule has 6 heteroatoms. The molecule has 4 nitrogen and oxygen atoms in total. The number of amidine groups is 1. The first kappa shape index (κ1) is 16.4. The maximum absolute atomic E-state index is 6.00. The van der Waals surface area contributed by atoms with Gasteiger partial charge in [-0.2, -0.15) is 0 Å². The van der Waals surface area contributed by atoms with Gasteiger partial charge in [-0.3, -0.25) is 4.99 Å². The summed E-state index contributed by atoms with van der Waals surface area (Å²) in [7, 11) is 0. The zero-order valence-corrected chi connectivity index (χ0v) is 14.7. The maximum Gasteiger partial charge on any atom is 0.141 e. The lowest BCUT2D eigenvalue weighted by molar-refractivity contribution is 0.973. The van der Waals surface area contributed by atoms with Gasteiger partial charge in [-0.1, -0.05) is 18.2 Å². The van der Waals surface area contributed by atoms with E-state index in [2.05, 4.69) is 27.4 Å². The Morgan fingerprint density at radius 3 is 2.54 bits per heavy atom. The average Bonchev–Trinajstić information content (AvgIpc) is 3.30. The second-order valence-electron chi connectivity index (χ2n) is 5.05. The third-order valence-corrected chi connectivity index (χ3v) is 5.00. The summed E-state index contributed by atoms with van der Waals surface area (Å²) in [6, 6.07) is 16.1. The Morgan fingerprint density at radius 2 is 1.83 bits per heavy atom. The van der Waals surface area contributed by atoms with Gasteiger partial charge in [0.2, 0.25) is 0 Å². The van der Waals surface area contributed by atoms with E-state index >= 15 is 0 Å². The molecule has 0 saturated carbocycles. The number of aliphatic imine (C=N–C) groups is 2. The lowest BCUT2D eigenvalue weighted by atomic mass is 10.1. The maximum atomic E-state index is 6.00. The van der Waals surface area contributed by atoms with Gasteiger partial charge < -0.3 is 11.1 Å². The fraction of sp³-hybridized carbons (Fsp3) is 0.111. The largest absolute Gasteiger partial charge is 0.383 e. The summed E-state index contributed by atoms with van der Waals surface area (Å²) in [6.45, 7) is 0.748. The van der Waals surface area contributed by atoms with E-state index in [9.17, 15) is 0 Å². The molecule has 0 aliphatic carbocycles. The Hall–Kier alpha value is -2.44. The SMILES string of the molecule is NC(=Nc1ccc(CCN=CNc2cccs2)cc1)c1cccs1. The second-order valence-corrected chi connectivity index (χ2v) is 6.94. The van der Waals surface area contributed by atoms with Crippen molar-refractivity contribution in [2.75, 3.05) is 11.9 Å². The van der Waals surface area contributed by atoms with Crippen molar-refractivity contribution in [1.29, 1.82) is 0 Å². The van der Waals surface area contributed by atoms with Crippen molar-refractivity contribution in [1.82, 2.24) is 0 Å². The average molecular weight is 355 g/mol. The summed E-state index contributed by atoms with van der Waals surface area (Å²) >= 11 is 3.25. The van der Waals surface area contributed by atoms with Crippen LogP contribution in [0.15, 0.2) is 69.3 Å². The molecule has 0 unspecified atom stereocenters. The van der Waals surface area contributed by atoms with Crippen molar-refractivity contribution in [2.45, 2.75) is 6.42 Å². The van der Waals surface area contributed by atoms with E-state index in [-0.39, 0.29) is 0 Å². The van der Waals surface area contributed by atoms with Crippen molar-refractivity contribution in [3.05, 3.63) is 69.7 Å². The van der Waals surface area contributed by atoms with Crippen LogP contribution in [0.1, 0.15) is 10.4 Å². The Labute approximate surface area is 149 Å². The topological polar surface area (TPSA) is 62.8 Å². The Balaban J connectivity index is 1.49. The predicted molar refractivity (Wildman–Crippen MR) is 106 cm³/mol. The fourth-order valence-corrected chi connectivity index (χ4v) is 3.29. The van der Waals surface area contributed by atoms with Crippen LogP contribution in [0.4, 0.5) is 10.7 Å². The quantitative estimate of drug-likeness (QED) is 0.484. The molecule has 0 fully saturated rings. The zero-order valence-electron chi connectivity index (χ0n) is 13.1. The van der Waals surface area contributed by atoms with Crippen LogP contribution in [-0.2, 0) is 6.42 Å². The molecule has 2 heterocycles. The van der Waals surface area contributed by atoms with E-state index in [1.54, 1.807) is 29.0 Å². The van der Waals surface area contributed by atoms with Crippen LogP contribution in [0.2, 0.25) is 0 Å². The smallest absolute Gasteiger partial charge is 0.141 e. The molecule has 0 aliphatic heterocycles. The molecule has 3 N–H and O–H groups in total. The number of hydrogen-bond acceptors (Lipinski definition) is 4. The van der Waals surface area contributed by atoms with Gasteiger partial charge in [-0.15, -0.1) is 22.7 Å². The van der Waals surface area contributed by atoms with Crippen LogP contribution in [0, 0.1) is 0 Å². The molecular formula is C18H18N4S2. The van der Waals surface area contributed by atoms with Gasteiger partial charge in [-0.25, -0.2) is 4.99 Å². The highest BCUT2D eigenvalue weighted by atomic mass is 32.1. The lowest BCUT2D eigenvalue weighted by Crippen LogP contribution is -2.10. The van der Waals surface area contributed by atoms with E-state index in [1.807, 2.05) is 47.2 Å². The number of nitrogens with zero attached hydrogens (tertiary/aromatic N) is 2. The normalized spacial score (nSPS) is 11.9. The molecule has 0 saturated heterocycles. The molecule has 0 radical (unpaired) electrons. The van der Waals surface area contributed by atoms with Gasteiger partial charge in [-0.05, 0) is 53.1 Å². The van der Waals surface area contributed by atoms with Crippen LogP contribution in [-0.4, -0.2) is 18.7 Å². The summed E-state index contributed by atoms with van der Waals surface area (Å²) in [4.78, 5) is 9.81. The van der Waals surface area contributed by atoms with Gasteiger partial charge in [0.15, 0.2) is 0 Å². The molecule has 0 spiro atoms. The van der Waals surface area contributed by atoms with E-state index in [0.717, 1.165) is 28.5 Å². The minimum Gasteiger partial charge on any atom is -0.383 e. The number of nitrogens with two attached hydrogens (primary N) is 1. The van der Waals surface area contributed by atoms with Crippen LogP contribution in [0.3, 0.4) is 0 Å². The highest BCUT2D eigenvalue weighted by Gasteiger charge is 1.99. The number of nitrogens with one attached hydrogen (secondary N) is 1. The number of benzene rings is 1. The van der Waals surface area contributed by atoms with E-state index in [4.69, 9.17) is 5.73 Å². The third-order valence-electron chi connectivity index (χ3n) is 3.31. The van der Waals surface area contributed by atoms with Gasteiger partial charge in [0.25, 0.3) is 0 Å². The molecule has 2 aromatic heterocycles. The fourth-order valence-electron chi connectivity index (χ4n) is 2.08. The molecule has 3 rings (SSSR count). The summed E-state index contributed by atoms with van der Waals surface area (Å²) in [6.07, 6.45) is 2.65. The first-order valence-electron chi connectivity index (χ1n) is 7.56. The Bertz CT molecular complexity index is 788. The van der Waals surface area contributed by atoms with Crippen molar-refractivity contribution < 1.29 is 0 Å². The van der Waals surface area contributed by atoms with Crippen LogP contribution in [0.5, 0.6) is 0 Å². The molecule has 0 amide bonds. The molecule has 24 heavy (non-hydrogen) atoms. The van der Waals surface area contributed by atoms with Crippen molar-refractivity contribution in [2.24, 2.45) is 15.7 Å². The van der Waals surface area contributed by atoms with Crippen LogP contribution >= 0.6 is 22.7 Å². The third kappa shape index (κ3) is 4.78. The first-order valence-corrected chi connectivity index (χ1v) is 9.32. The molecule has 0 bridgehead atoms. The Kier molecular flexibility index (Phi) is 5.76. The summed E-state index contributed by atoms with van der Waals surface area (Å²) in [5.41, 5.74) is 8.10. The first-order chi connectivity index (χ1) is 11.8. The molecule has 1 aromatic carbocycles. The van der Waals surface area contributed by atoms with Crippen molar-refractivity contribution in [3.8, 4) is 0 Å². The number of anilines is 1. The molecule has 0 aliphatic rings. The standard InChI is InChI=1S/C18H18N4S2/c19-18(16-3-1-11-23-16)22-15-7-5-14(6-8-15)9-10-20-13-21-17-4-2-12-24-17/h1-8,11-13H,9-10H2,(H2,19,22)(H,20,21). The molecule has 122 valence electrons. The minimum absolute atomic E-state index is 0.557. The Morgan fingerprint density at radius 1 is 1.04 bits per heavy atom. The highest BCUT2D eigenvalue weighted by Crippen LogP contribution is 2.16. The number of hydrogen-bond donors (Lipinski definition) is 2. The lowest BCUT2D eigenvalue weighted by Gasteiger charge is -2.01. The van der Waals surface area contributed by atoms with Gasteiger partial charge in [0.05, 0.1) is 21.9 Å². The highest BCUT2D eigenvalue weighted by molar-refractivity contribution is 7.14. The van der Waals surface area contributed by atoms with Crippen LogP contribution < -0.4 is 11.1 Å². The van der Waals surface area contributed by atoms with E-state index < -0.39 is 0 Å². The monoisotopic (exact) mass is 354 g/mol. The zero-order chi connectivity index (χ0) is 16.6. The summed E-state index contributed by atoms with van der Waals surface area (Å²) < 4.78 is 0. The summed E-state index contributed by atoms with van der Waals surface area (Å²) in [5.74, 6) is 0.557. The van der Waals surface area contributed by atoms with Crippen LogP contribution in [0.25, 0.3) is 0 Å². The van der Waals surface area contributed by atoms with Crippen molar-refractivity contribution >= 4 is 45.5 Å². The number of thiophene rings is 2. The van der Waals surface area contributed by atoms with Crippen molar-refractivity contribution in [3.63, 3.8) is 0 Å². The van der Waals surface area contributed by atoms with Gasteiger partial charge in [0.1, 0.15) is 5.84 Å². The van der Waals surface area contributed by atoms with Gasteiger partial charge in [0, 0.05) is 6.54 Å². The molecular weight excluding hydrogens is 336 g/mol.